The second-order valence-electron chi connectivity index (χ2n) is 3.59. The van der Waals surface area contributed by atoms with E-state index in [1.54, 1.807) is 6.07 Å². The van der Waals surface area contributed by atoms with Gasteiger partial charge in [0.2, 0.25) is 0 Å². The molecule has 1 aromatic heterocycles. The minimum Gasteiger partial charge on any atom is -0.484 e. The highest BCUT2D eigenvalue weighted by molar-refractivity contribution is 6.32. The van der Waals surface area contributed by atoms with E-state index in [1.165, 1.54) is 0 Å². The van der Waals surface area contributed by atoms with Crippen LogP contribution in [0.25, 0.3) is 0 Å². The first-order valence-corrected chi connectivity index (χ1v) is 5.41. The van der Waals surface area contributed by atoms with Crippen LogP contribution in [-0.2, 0) is 13.7 Å². The van der Waals surface area contributed by atoms with Gasteiger partial charge in [0, 0.05) is 18.9 Å². The molecule has 0 spiro atoms. The molecule has 0 fully saturated rings. The Morgan fingerprint density at radius 3 is 2.75 bits per heavy atom. The molecule has 0 aliphatic heterocycles. The lowest BCUT2D eigenvalue weighted by Crippen LogP contribution is -2.04. The third kappa shape index (κ3) is 2.19. The van der Waals surface area contributed by atoms with Crippen molar-refractivity contribution in [1.29, 1.82) is 0 Å². The minimum absolute atomic E-state index is 0.425. The van der Waals surface area contributed by atoms with E-state index in [0.29, 0.717) is 17.4 Å². The number of nitrogens with zero attached hydrogens (tertiary/aromatic N) is 2. The molecule has 0 aliphatic carbocycles. The molecular formula is C12H13ClN2O. The van der Waals surface area contributed by atoms with Crippen molar-refractivity contribution in [2.24, 2.45) is 7.05 Å². The van der Waals surface area contributed by atoms with Gasteiger partial charge >= 0.3 is 0 Å². The smallest absolute Gasteiger partial charge is 0.146 e. The van der Waals surface area contributed by atoms with Gasteiger partial charge in [-0.3, -0.25) is 0 Å². The van der Waals surface area contributed by atoms with E-state index in [2.05, 4.69) is 4.98 Å². The van der Waals surface area contributed by atoms with Crippen molar-refractivity contribution in [2.45, 2.75) is 13.5 Å². The Hall–Kier alpha value is -1.48. The number of benzene rings is 1. The first-order chi connectivity index (χ1) is 7.68. The number of para-hydroxylation sites is 1. The van der Waals surface area contributed by atoms with E-state index in [4.69, 9.17) is 16.3 Å². The predicted molar refractivity (Wildman–Crippen MR) is 63.7 cm³/mol. The standard InChI is InChI=1S/C12H13ClN2O/c1-9-7-14-12(15(9)2)8-16-11-6-4-3-5-10(11)13/h3-7H,8H2,1-2H3. The fourth-order valence-electron chi connectivity index (χ4n) is 1.38. The zero-order chi connectivity index (χ0) is 11.5. The quantitative estimate of drug-likeness (QED) is 0.819. The van der Waals surface area contributed by atoms with E-state index in [1.807, 2.05) is 42.9 Å². The van der Waals surface area contributed by atoms with Crippen LogP contribution in [0.1, 0.15) is 11.5 Å². The third-order valence-electron chi connectivity index (χ3n) is 2.51. The highest BCUT2D eigenvalue weighted by atomic mass is 35.5. The Balaban J connectivity index is 2.08. The van der Waals surface area contributed by atoms with Crippen molar-refractivity contribution < 1.29 is 4.74 Å². The van der Waals surface area contributed by atoms with Crippen LogP contribution in [0.4, 0.5) is 0 Å². The van der Waals surface area contributed by atoms with Gasteiger partial charge in [-0.05, 0) is 19.1 Å². The fraction of sp³-hybridized carbons (Fsp3) is 0.250. The molecule has 84 valence electrons. The summed E-state index contributed by atoms with van der Waals surface area (Å²) in [6, 6.07) is 7.42. The monoisotopic (exact) mass is 236 g/mol. The summed E-state index contributed by atoms with van der Waals surface area (Å²) in [5, 5.41) is 0.619. The molecule has 2 aromatic rings. The van der Waals surface area contributed by atoms with Crippen molar-refractivity contribution in [2.75, 3.05) is 0 Å². The molecule has 1 heterocycles. The number of halogens is 1. The van der Waals surface area contributed by atoms with Crippen LogP contribution in [0.5, 0.6) is 5.75 Å². The van der Waals surface area contributed by atoms with Gasteiger partial charge in [0.1, 0.15) is 18.2 Å². The van der Waals surface area contributed by atoms with Gasteiger partial charge in [0.25, 0.3) is 0 Å². The normalized spacial score (nSPS) is 10.4. The first kappa shape index (κ1) is 11.0. The van der Waals surface area contributed by atoms with Crippen LogP contribution < -0.4 is 4.74 Å². The molecule has 0 atom stereocenters. The Morgan fingerprint density at radius 2 is 2.12 bits per heavy atom. The average Bonchev–Trinajstić information content (AvgIpc) is 2.59. The number of aromatic nitrogens is 2. The molecule has 0 amide bonds. The van der Waals surface area contributed by atoms with Crippen LogP contribution in [-0.4, -0.2) is 9.55 Å². The zero-order valence-corrected chi connectivity index (χ0v) is 10.0. The van der Waals surface area contributed by atoms with Crippen molar-refractivity contribution in [3.63, 3.8) is 0 Å². The molecule has 1 aromatic carbocycles. The van der Waals surface area contributed by atoms with Crippen molar-refractivity contribution in [3.05, 3.63) is 47.0 Å². The van der Waals surface area contributed by atoms with Gasteiger partial charge in [-0.2, -0.15) is 0 Å². The van der Waals surface area contributed by atoms with Gasteiger partial charge in [-0.25, -0.2) is 4.98 Å². The number of hydrogen-bond acceptors (Lipinski definition) is 2. The third-order valence-corrected chi connectivity index (χ3v) is 2.82. The van der Waals surface area contributed by atoms with Gasteiger partial charge in [-0.1, -0.05) is 23.7 Å². The lowest BCUT2D eigenvalue weighted by atomic mass is 10.3. The summed E-state index contributed by atoms with van der Waals surface area (Å²) in [4.78, 5) is 4.25. The van der Waals surface area contributed by atoms with E-state index >= 15 is 0 Å². The lowest BCUT2D eigenvalue weighted by Gasteiger charge is -2.07. The molecule has 0 unspecified atom stereocenters. The SMILES string of the molecule is Cc1cnc(COc2ccccc2Cl)n1C. The molecule has 4 heteroatoms. The number of ether oxygens (including phenoxy) is 1. The zero-order valence-electron chi connectivity index (χ0n) is 9.27. The Morgan fingerprint density at radius 1 is 1.38 bits per heavy atom. The van der Waals surface area contributed by atoms with E-state index < -0.39 is 0 Å². The second kappa shape index (κ2) is 4.58. The molecule has 16 heavy (non-hydrogen) atoms. The molecular weight excluding hydrogens is 224 g/mol. The molecule has 0 saturated carbocycles. The topological polar surface area (TPSA) is 27.1 Å². The predicted octanol–water partition coefficient (Wildman–Crippen LogP) is 2.96. The van der Waals surface area contributed by atoms with Crippen molar-refractivity contribution in [3.8, 4) is 5.75 Å². The second-order valence-corrected chi connectivity index (χ2v) is 4.00. The number of rotatable bonds is 3. The van der Waals surface area contributed by atoms with E-state index in [9.17, 15) is 0 Å². The summed E-state index contributed by atoms with van der Waals surface area (Å²) in [6.07, 6.45) is 1.82. The summed E-state index contributed by atoms with van der Waals surface area (Å²) in [5.74, 6) is 1.57. The van der Waals surface area contributed by atoms with E-state index in [0.717, 1.165) is 11.5 Å². The molecule has 0 N–H and O–H groups in total. The number of hydrogen-bond donors (Lipinski definition) is 0. The van der Waals surface area contributed by atoms with Gasteiger partial charge in [0.15, 0.2) is 0 Å². The molecule has 0 aliphatic rings. The number of aryl methyl sites for hydroxylation is 1. The van der Waals surface area contributed by atoms with Crippen molar-refractivity contribution >= 4 is 11.6 Å². The van der Waals surface area contributed by atoms with Crippen LogP contribution in [0.3, 0.4) is 0 Å². The van der Waals surface area contributed by atoms with Crippen LogP contribution in [0.15, 0.2) is 30.5 Å². The fourth-order valence-corrected chi connectivity index (χ4v) is 1.57. The Kier molecular flexibility index (Phi) is 3.15. The Labute approximate surface area is 99.6 Å². The molecule has 0 saturated heterocycles. The molecule has 3 nitrogen and oxygen atoms in total. The number of imidazole rings is 1. The summed E-state index contributed by atoms with van der Waals surface area (Å²) in [5.41, 5.74) is 1.11. The summed E-state index contributed by atoms with van der Waals surface area (Å²) in [7, 11) is 1.97. The summed E-state index contributed by atoms with van der Waals surface area (Å²) >= 11 is 5.98. The van der Waals surface area contributed by atoms with Crippen LogP contribution >= 0.6 is 11.6 Å². The maximum Gasteiger partial charge on any atom is 0.146 e. The van der Waals surface area contributed by atoms with Gasteiger partial charge in [0.05, 0.1) is 5.02 Å². The maximum absolute atomic E-state index is 5.98. The van der Waals surface area contributed by atoms with E-state index in [-0.39, 0.29) is 0 Å². The minimum atomic E-state index is 0.425. The first-order valence-electron chi connectivity index (χ1n) is 5.03. The highest BCUT2D eigenvalue weighted by Gasteiger charge is 2.05. The highest BCUT2D eigenvalue weighted by Crippen LogP contribution is 2.23. The Bertz CT molecular complexity index is 494. The lowest BCUT2D eigenvalue weighted by molar-refractivity contribution is 0.291. The molecule has 0 radical (unpaired) electrons. The average molecular weight is 237 g/mol. The summed E-state index contributed by atoms with van der Waals surface area (Å²) < 4.78 is 7.60. The van der Waals surface area contributed by atoms with Crippen LogP contribution in [0, 0.1) is 6.92 Å². The molecule has 0 bridgehead atoms. The largest absolute Gasteiger partial charge is 0.484 e. The van der Waals surface area contributed by atoms with Gasteiger partial charge in [-0.15, -0.1) is 0 Å². The maximum atomic E-state index is 5.98. The summed E-state index contributed by atoms with van der Waals surface area (Å²) in [6.45, 7) is 2.43. The van der Waals surface area contributed by atoms with Crippen LogP contribution in [0.2, 0.25) is 5.02 Å². The molecule has 2 rings (SSSR count). The van der Waals surface area contributed by atoms with Crippen molar-refractivity contribution in [1.82, 2.24) is 9.55 Å². The van der Waals surface area contributed by atoms with Gasteiger partial charge < -0.3 is 9.30 Å².